The van der Waals surface area contributed by atoms with Crippen LogP contribution in [-0.2, 0) is 0 Å². The third-order valence-corrected chi connectivity index (χ3v) is 10.5. The predicted octanol–water partition coefficient (Wildman–Crippen LogP) is 24.2. The normalized spacial score (nSPS) is 9.11. The minimum atomic E-state index is 1.31. The fourth-order valence-electron chi connectivity index (χ4n) is 7.53. The van der Waals surface area contributed by atoms with Gasteiger partial charge in [-0.25, -0.2) is 0 Å². The van der Waals surface area contributed by atoms with Crippen LogP contribution in [0, 0.1) is 0 Å². The Bertz CT molecular complexity index is 2400. The molecule has 0 heterocycles. The Labute approximate surface area is 437 Å². The molecule has 0 N–H and O–H groups in total. The van der Waals surface area contributed by atoms with Crippen molar-refractivity contribution in [3.8, 4) is 0 Å². The van der Waals surface area contributed by atoms with E-state index in [1.165, 1.54) is 86.2 Å². The van der Waals surface area contributed by atoms with Crippen molar-refractivity contribution in [1.82, 2.24) is 0 Å². The quantitative estimate of drug-likeness (QED) is 0.133. The molecule has 12 aromatic carbocycles. The van der Waals surface area contributed by atoms with E-state index < -0.39 is 0 Å². The molecule has 0 aliphatic rings. The summed E-state index contributed by atoms with van der Waals surface area (Å²) in [6.07, 6.45) is 0. The van der Waals surface area contributed by atoms with Crippen molar-refractivity contribution in [2.45, 2.75) is 111 Å². The van der Waals surface area contributed by atoms with Gasteiger partial charge in [0.15, 0.2) is 0 Å². The third-order valence-electron chi connectivity index (χ3n) is 10.5. The highest BCUT2D eigenvalue weighted by Gasteiger charge is 1.98. The van der Waals surface area contributed by atoms with E-state index in [-0.39, 0.29) is 0 Å². The molecule has 0 atom stereocenters. The summed E-state index contributed by atoms with van der Waals surface area (Å²) < 4.78 is 0. The van der Waals surface area contributed by atoms with Gasteiger partial charge in [-0.05, 0) is 135 Å². The van der Waals surface area contributed by atoms with Crippen LogP contribution in [0.3, 0.4) is 0 Å². The lowest BCUT2D eigenvalue weighted by atomic mass is 10.0. The molecule has 0 radical (unpaired) electrons. The third kappa shape index (κ3) is 18.8. The van der Waals surface area contributed by atoms with Gasteiger partial charge in [0, 0.05) is 0 Å². The highest BCUT2D eigenvalue weighted by molar-refractivity contribution is 6.01. The van der Waals surface area contributed by atoms with Crippen LogP contribution < -0.4 is 0 Å². The van der Waals surface area contributed by atoms with Gasteiger partial charge >= 0.3 is 0 Å². The fraction of sp³-hybridized carbons (Fsp3) is 0.222. The molecular formula is C72H88. The van der Waals surface area contributed by atoms with Crippen LogP contribution >= 0.6 is 0 Å². The van der Waals surface area contributed by atoms with Gasteiger partial charge in [0.1, 0.15) is 0 Å². The van der Waals surface area contributed by atoms with Gasteiger partial charge in [0.05, 0.1) is 0 Å². The van der Waals surface area contributed by atoms with E-state index in [1.807, 2.05) is 111 Å². The van der Waals surface area contributed by atoms with Crippen molar-refractivity contribution in [2.24, 2.45) is 0 Å². The smallest absolute Gasteiger partial charge is 0.0178 e. The molecule has 0 aliphatic heterocycles. The van der Waals surface area contributed by atoms with Crippen LogP contribution in [0.15, 0.2) is 243 Å². The van der Waals surface area contributed by atoms with Crippen molar-refractivity contribution in [3.63, 3.8) is 0 Å². The average molecular weight is 953 g/mol. The molecule has 72 heavy (non-hydrogen) atoms. The summed E-state index contributed by atoms with van der Waals surface area (Å²) >= 11 is 0. The SMILES string of the molecule is CC.CC.CC.CC.CC.CC.CC.CC.c1ccc2cc3ccccc3cc2c1.c1ccc2cc3ccccc3cc2c1.c1ccc2cc3ccccc3cc2c1.c1ccc2cc3ccccc3cc2c1. The molecule has 0 saturated carbocycles. The monoisotopic (exact) mass is 953 g/mol. The van der Waals surface area contributed by atoms with E-state index in [1.54, 1.807) is 0 Å². The fourth-order valence-corrected chi connectivity index (χ4v) is 7.53. The first-order valence-corrected chi connectivity index (χ1v) is 27.2. The Hall–Kier alpha value is -7.28. The van der Waals surface area contributed by atoms with Crippen molar-refractivity contribution in [2.75, 3.05) is 0 Å². The molecule has 12 aromatic rings. The summed E-state index contributed by atoms with van der Waals surface area (Å²) in [6, 6.07) is 85.7. The summed E-state index contributed by atoms with van der Waals surface area (Å²) in [6.45, 7) is 32.0. The van der Waals surface area contributed by atoms with E-state index in [0.717, 1.165) is 0 Å². The highest BCUT2D eigenvalue weighted by atomic mass is 14.0. The highest BCUT2D eigenvalue weighted by Crippen LogP contribution is 2.25. The molecule has 0 heteroatoms. The summed E-state index contributed by atoms with van der Waals surface area (Å²) in [5, 5.41) is 21.0. The van der Waals surface area contributed by atoms with Crippen molar-refractivity contribution >= 4 is 86.2 Å². The summed E-state index contributed by atoms with van der Waals surface area (Å²) in [5.74, 6) is 0. The zero-order valence-electron chi connectivity index (χ0n) is 47.1. The molecule has 0 nitrogen and oxygen atoms in total. The van der Waals surface area contributed by atoms with E-state index in [4.69, 9.17) is 0 Å². The average Bonchev–Trinajstić information content (AvgIpc) is 3.49. The predicted molar refractivity (Wildman–Crippen MR) is 337 cm³/mol. The number of rotatable bonds is 0. The lowest BCUT2D eigenvalue weighted by Gasteiger charge is -2.00. The maximum atomic E-state index is 2.24. The van der Waals surface area contributed by atoms with Crippen LogP contribution in [0.25, 0.3) is 86.2 Å². The van der Waals surface area contributed by atoms with Gasteiger partial charge in [0.2, 0.25) is 0 Å². The van der Waals surface area contributed by atoms with Crippen molar-refractivity contribution < 1.29 is 0 Å². The number of hydrogen-bond acceptors (Lipinski definition) is 0. The lowest BCUT2D eigenvalue weighted by Crippen LogP contribution is -1.74. The van der Waals surface area contributed by atoms with E-state index in [0.29, 0.717) is 0 Å². The Morgan fingerprint density at radius 2 is 0.167 bits per heavy atom. The van der Waals surface area contributed by atoms with E-state index >= 15 is 0 Å². The Morgan fingerprint density at radius 3 is 0.222 bits per heavy atom. The number of benzene rings is 12. The Kier molecular flexibility index (Phi) is 33.5. The summed E-state index contributed by atoms with van der Waals surface area (Å²) in [5.41, 5.74) is 0. The molecule has 0 fully saturated rings. The molecule has 0 aliphatic carbocycles. The number of fused-ring (bicyclic) bond motifs is 8. The minimum absolute atomic E-state index is 1.31. The van der Waals surface area contributed by atoms with Gasteiger partial charge < -0.3 is 0 Å². The zero-order chi connectivity index (χ0) is 53.5. The number of hydrogen-bond donors (Lipinski definition) is 0. The maximum absolute atomic E-state index is 2.24. The topological polar surface area (TPSA) is 0 Å². The first kappa shape index (κ1) is 62.7. The first-order chi connectivity index (χ1) is 35.7. The molecular weight excluding hydrogens is 865 g/mol. The summed E-state index contributed by atoms with van der Waals surface area (Å²) in [7, 11) is 0. The van der Waals surface area contributed by atoms with Crippen LogP contribution in [0.4, 0.5) is 0 Å². The molecule has 0 aromatic heterocycles. The van der Waals surface area contributed by atoms with Crippen LogP contribution in [0.2, 0.25) is 0 Å². The van der Waals surface area contributed by atoms with Gasteiger partial charge in [-0.1, -0.05) is 305 Å². The van der Waals surface area contributed by atoms with Gasteiger partial charge in [-0.15, -0.1) is 0 Å². The molecule has 0 amide bonds. The minimum Gasteiger partial charge on any atom is -0.0683 e. The van der Waals surface area contributed by atoms with Crippen LogP contribution in [-0.4, -0.2) is 0 Å². The molecule has 0 bridgehead atoms. The molecule has 0 unspecified atom stereocenters. The van der Waals surface area contributed by atoms with E-state index in [9.17, 15) is 0 Å². The van der Waals surface area contributed by atoms with Gasteiger partial charge in [-0.3, -0.25) is 0 Å². The van der Waals surface area contributed by atoms with Crippen LogP contribution in [0.5, 0.6) is 0 Å². The van der Waals surface area contributed by atoms with Crippen molar-refractivity contribution in [3.05, 3.63) is 243 Å². The molecule has 0 saturated heterocycles. The molecule has 12 rings (SSSR count). The van der Waals surface area contributed by atoms with E-state index in [2.05, 4.69) is 243 Å². The Morgan fingerprint density at radius 1 is 0.111 bits per heavy atom. The largest absolute Gasteiger partial charge is 0.0683 e. The molecule has 0 spiro atoms. The van der Waals surface area contributed by atoms with Crippen LogP contribution in [0.1, 0.15) is 111 Å². The lowest BCUT2D eigenvalue weighted by molar-refractivity contribution is 1.50. The second-order valence-electron chi connectivity index (χ2n) is 14.2. The van der Waals surface area contributed by atoms with Crippen molar-refractivity contribution in [1.29, 1.82) is 0 Å². The second kappa shape index (κ2) is 38.5. The van der Waals surface area contributed by atoms with Gasteiger partial charge in [-0.2, -0.15) is 0 Å². The maximum Gasteiger partial charge on any atom is -0.0178 e. The zero-order valence-corrected chi connectivity index (χ0v) is 47.1. The second-order valence-corrected chi connectivity index (χ2v) is 14.2. The first-order valence-electron chi connectivity index (χ1n) is 27.2. The Balaban J connectivity index is 0.000000438. The van der Waals surface area contributed by atoms with Gasteiger partial charge in [0.25, 0.3) is 0 Å². The summed E-state index contributed by atoms with van der Waals surface area (Å²) in [4.78, 5) is 0. The molecule has 376 valence electrons. The standard InChI is InChI=1S/4C14H10.8C2H6/c4*1-2-6-12-10-14-8-4-3-7-13(14)9-11(12)5-1;8*1-2/h4*1-10H;8*1-2H3.